The summed E-state index contributed by atoms with van der Waals surface area (Å²) in [5.74, 6) is 0.550. The van der Waals surface area contributed by atoms with E-state index in [2.05, 4.69) is 20.8 Å². The van der Waals surface area contributed by atoms with E-state index in [1.54, 1.807) is 12.1 Å². The molecule has 21 heavy (non-hydrogen) atoms. The molecular formula is C14H18Cl2N4O. The van der Waals surface area contributed by atoms with E-state index in [0.717, 1.165) is 12.1 Å². The second kappa shape index (κ2) is 7.11. The largest absolute Gasteiger partial charge is 0.406 e. The van der Waals surface area contributed by atoms with Gasteiger partial charge < -0.3 is 15.1 Å². The van der Waals surface area contributed by atoms with E-state index < -0.39 is 0 Å². The number of anilines is 1. The number of halogens is 2. The van der Waals surface area contributed by atoms with Gasteiger partial charge in [0.15, 0.2) is 0 Å². The SMILES string of the molecule is CCNC(C)c1nnc(NC(C)c2ccc(Cl)cc2Cl)o1. The van der Waals surface area contributed by atoms with E-state index in [-0.39, 0.29) is 12.1 Å². The van der Waals surface area contributed by atoms with Crippen LogP contribution >= 0.6 is 23.2 Å². The fourth-order valence-electron chi connectivity index (χ4n) is 1.98. The third kappa shape index (κ3) is 4.09. The molecule has 0 aliphatic heterocycles. The van der Waals surface area contributed by atoms with Crippen molar-refractivity contribution >= 4 is 29.2 Å². The Kier molecular flexibility index (Phi) is 5.45. The topological polar surface area (TPSA) is 63.0 Å². The molecule has 0 saturated heterocycles. The average molecular weight is 329 g/mol. The second-order valence-electron chi connectivity index (χ2n) is 4.76. The molecule has 0 spiro atoms. The standard InChI is InChI=1S/C14H18Cl2N4O/c1-4-17-9(3)13-19-20-14(21-13)18-8(2)11-6-5-10(15)7-12(11)16/h5-9,17H,4H2,1-3H3,(H,18,20). The maximum atomic E-state index is 6.19. The molecule has 0 bridgehead atoms. The summed E-state index contributed by atoms with van der Waals surface area (Å²) in [6, 6.07) is 5.70. The lowest BCUT2D eigenvalue weighted by molar-refractivity contribution is 0.427. The Bertz CT molecular complexity index is 602. The van der Waals surface area contributed by atoms with Gasteiger partial charge in [-0.1, -0.05) is 41.3 Å². The van der Waals surface area contributed by atoms with Gasteiger partial charge in [-0.3, -0.25) is 0 Å². The number of aromatic nitrogens is 2. The van der Waals surface area contributed by atoms with Crippen LogP contribution < -0.4 is 10.6 Å². The summed E-state index contributed by atoms with van der Waals surface area (Å²) in [6.45, 7) is 6.80. The second-order valence-corrected chi connectivity index (χ2v) is 5.60. The molecule has 1 aromatic heterocycles. The van der Waals surface area contributed by atoms with Crippen LogP contribution in [0.5, 0.6) is 0 Å². The molecule has 1 aromatic carbocycles. The van der Waals surface area contributed by atoms with Gasteiger partial charge in [-0.2, -0.15) is 0 Å². The summed E-state index contributed by atoms with van der Waals surface area (Å²) in [6.07, 6.45) is 0. The van der Waals surface area contributed by atoms with Crippen LogP contribution in [-0.4, -0.2) is 16.7 Å². The van der Waals surface area contributed by atoms with Gasteiger partial charge in [0.25, 0.3) is 0 Å². The van der Waals surface area contributed by atoms with Gasteiger partial charge >= 0.3 is 6.01 Å². The number of hydrogen-bond acceptors (Lipinski definition) is 5. The molecular weight excluding hydrogens is 311 g/mol. The van der Waals surface area contributed by atoms with Crippen LogP contribution in [0.3, 0.4) is 0 Å². The minimum absolute atomic E-state index is 0.0208. The predicted octanol–water partition coefficient (Wildman–Crippen LogP) is 4.22. The molecule has 5 nitrogen and oxygen atoms in total. The summed E-state index contributed by atoms with van der Waals surface area (Å²) >= 11 is 12.1. The lowest BCUT2D eigenvalue weighted by Crippen LogP contribution is -2.17. The van der Waals surface area contributed by atoms with Crippen LogP contribution in [0.25, 0.3) is 0 Å². The van der Waals surface area contributed by atoms with Gasteiger partial charge in [0.1, 0.15) is 0 Å². The molecule has 7 heteroatoms. The first kappa shape index (κ1) is 16.1. The molecule has 2 atom stereocenters. The smallest absolute Gasteiger partial charge is 0.316 e. The van der Waals surface area contributed by atoms with Crippen molar-refractivity contribution in [1.82, 2.24) is 15.5 Å². The highest BCUT2D eigenvalue weighted by molar-refractivity contribution is 6.35. The zero-order valence-electron chi connectivity index (χ0n) is 12.2. The molecule has 0 saturated carbocycles. The van der Waals surface area contributed by atoms with Crippen molar-refractivity contribution in [3.05, 3.63) is 39.7 Å². The Hall–Kier alpha value is -1.30. The highest BCUT2D eigenvalue weighted by Gasteiger charge is 2.16. The van der Waals surface area contributed by atoms with Gasteiger partial charge in [-0.25, -0.2) is 0 Å². The van der Waals surface area contributed by atoms with Crippen molar-refractivity contribution in [1.29, 1.82) is 0 Å². The van der Waals surface area contributed by atoms with E-state index in [1.807, 2.05) is 26.8 Å². The zero-order chi connectivity index (χ0) is 15.4. The first-order valence-corrected chi connectivity index (χ1v) is 7.55. The summed E-state index contributed by atoms with van der Waals surface area (Å²) in [4.78, 5) is 0. The molecule has 114 valence electrons. The summed E-state index contributed by atoms with van der Waals surface area (Å²) in [7, 11) is 0. The number of nitrogens with one attached hydrogen (secondary N) is 2. The summed E-state index contributed by atoms with van der Waals surface area (Å²) in [5.41, 5.74) is 0.917. The average Bonchev–Trinajstić information content (AvgIpc) is 2.87. The highest BCUT2D eigenvalue weighted by atomic mass is 35.5. The molecule has 0 fully saturated rings. The fourth-order valence-corrected chi connectivity index (χ4v) is 2.55. The van der Waals surface area contributed by atoms with Crippen molar-refractivity contribution < 1.29 is 4.42 Å². The minimum Gasteiger partial charge on any atom is -0.406 e. The zero-order valence-corrected chi connectivity index (χ0v) is 13.7. The van der Waals surface area contributed by atoms with Gasteiger partial charge in [-0.15, -0.1) is 5.10 Å². The van der Waals surface area contributed by atoms with Crippen LogP contribution in [0.1, 0.15) is 44.3 Å². The third-order valence-electron chi connectivity index (χ3n) is 3.09. The molecule has 0 radical (unpaired) electrons. The van der Waals surface area contributed by atoms with Crippen LogP contribution in [0.15, 0.2) is 22.6 Å². The van der Waals surface area contributed by atoms with E-state index in [9.17, 15) is 0 Å². The maximum Gasteiger partial charge on any atom is 0.316 e. The molecule has 2 N–H and O–H groups in total. The molecule has 0 aliphatic rings. The Balaban J connectivity index is 2.07. The van der Waals surface area contributed by atoms with Gasteiger partial charge in [0.2, 0.25) is 5.89 Å². The van der Waals surface area contributed by atoms with Crippen molar-refractivity contribution in [3.8, 4) is 0 Å². The van der Waals surface area contributed by atoms with Crippen LogP contribution in [-0.2, 0) is 0 Å². The molecule has 0 aliphatic carbocycles. The molecule has 2 aromatic rings. The Morgan fingerprint density at radius 1 is 1.19 bits per heavy atom. The quantitative estimate of drug-likeness (QED) is 0.831. The van der Waals surface area contributed by atoms with Crippen LogP contribution in [0.4, 0.5) is 6.01 Å². The summed E-state index contributed by atoms with van der Waals surface area (Å²) < 4.78 is 5.59. The minimum atomic E-state index is -0.0718. The van der Waals surface area contributed by atoms with Gasteiger partial charge in [-0.05, 0) is 38.1 Å². The number of nitrogens with zero attached hydrogens (tertiary/aromatic N) is 2. The van der Waals surface area contributed by atoms with Crippen molar-refractivity contribution in [2.75, 3.05) is 11.9 Å². The van der Waals surface area contributed by atoms with E-state index in [0.29, 0.717) is 22.0 Å². The lowest BCUT2D eigenvalue weighted by atomic mass is 10.1. The van der Waals surface area contributed by atoms with E-state index >= 15 is 0 Å². The van der Waals surface area contributed by atoms with E-state index in [4.69, 9.17) is 27.6 Å². The molecule has 2 rings (SSSR count). The van der Waals surface area contributed by atoms with Crippen LogP contribution in [0, 0.1) is 0 Å². The number of rotatable bonds is 6. The van der Waals surface area contributed by atoms with Crippen molar-refractivity contribution in [2.45, 2.75) is 32.9 Å². The summed E-state index contributed by atoms with van der Waals surface area (Å²) in [5, 5.41) is 15.6. The first-order valence-electron chi connectivity index (χ1n) is 6.79. The Morgan fingerprint density at radius 2 is 1.95 bits per heavy atom. The number of hydrogen-bond donors (Lipinski definition) is 2. The Morgan fingerprint density at radius 3 is 2.62 bits per heavy atom. The number of benzene rings is 1. The van der Waals surface area contributed by atoms with Crippen LogP contribution in [0.2, 0.25) is 10.0 Å². The third-order valence-corrected chi connectivity index (χ3v) is 3.65. The molecule has 0 amide bonds. The predicted molar refractivity (Wildman–Crippen MR) is 84.9 cm³/mol. The highest BCUT2D eigenvalue weighted by Crippen LogP contribution is 2.28. The molecule has 2 unspecified atom stereocenters. The first-order chi connectivity index (χ1) is 10.0. The fraction of sp³-hybridized carbons (Fsp3) is 0.429. The van der Waals surface area contributed by atoms with Gasteiger partial charge in [0.05, 0.1) is 12.1 Å². The monoisotopic (exact) mass is 328 g/mol. The molecule has 1 heterocycles. The maximum absolute atomic E-state index is 6.19. The normalized spacial score (nSPS) is 14.0. The van der Waals surface area contributed by atoms with Crippen molar-refractivity contribution in [3.63, 3.8) is 0 Å². The lowest BCUT2D eigenvalue weighted by Gasteiger charge is -2.14. The van der Waals surface area contributed by atoms with Crippen molar-refractivity contribution in [2.24, 2.45) is 0 Å². The Labute approximate surface area is 134 Å². The van der Waals surface area contributed by atoms with Gasteiger partial charge in [0, 0.05) is 10.0 Å². The van der Waals surface area contributed by atoms with E-state index in [1.165, 1.54) is 0 Å².